The van der Waals surface area contributed by atoms with Gasteiger partial charge in [0.25, 0.3) is 0 Å². The molecule has 0 bridgehead atoms. The molecule has 1 rings (SSSR count). The molecule has 1 saturated heterocycles. The first kappa shape index (κ1) is 19.3. The minimum absolute atomic E-state index is 0.0114. The first-order valence-electron chi connectivity index (χ1n) is 9.31. The fourth-order valence-corrected chi connectivity index (χ4v) is 4.55. The summed E-state index contributed by atoms with van der Waals surface area (Å²) in [7, 11) is 0. The number of hydrogen-bond acceptors (Lipinski definition) is 3. The van der Waals surface area contributed by atoms with Crippen LogP contribution in [0.15, 0.2) is 0 Å². The average molecular weight is 316 g/mol. The molecule has 3 atom stereocenters. The Bertz CT molecular complexity index is 237. The van der Waals surface area contributed by atoms with Crippen molar-refractivity contribution in [2.24, 2.45) is 5.73 Å². The summed E-state index contributed by atoms with van der Waals surface area (Å²) >= 11 is 1.87. The summed E-state index contributed by atoms with van der Waals surface area (Å²) < 4.78 is 0. The van der Waals surface area contributed by atoms with E-state index in [2.05, 4.69) is 6.92 Å². The molecule has 0 radical (unpaired) electrons. The van der Waals surface area contributed by atoms with E-state index in [0.717, 1.165) is 12.2 Å². The highest BCUT2D eigenvalue weighted by Gasteiger charge is 2.32. The number of aliphatic hydroxyl groups is 1. The van der Waals surface area contributed by atoms with E-state index < -0.39 is 0 Å². The van der Waals surface area contributed by atoms with E-state index in [-0.39, 0.29) is 12.1 Å². The van der Waals surface area contributed by atoms with Crippen molar-refractivity contribution in [2.75, 3.05) is 5.75 Å². The van der Waals surface area contributed by atoms with Gasteiger partial charge in [-0.05, 0) is 6.42 Å². The number of aliphatic hydroxyl groups excluding tert-OH is 1. The lowest BCUT2D eigenvalue weighted by molar-refractivity contribution is 0.153. The minimum Gasteiger partial charge on any atom is -0.390 e. The van der Waals surface area contributed by atoms with Crippen LogP contribution in [0.2, 0.25) is 0 Å². The number of unbranched alkanes of at least 4 members (excludes halogenated alkanes) is 11. The van der Waals surface area contributed by atoms with Gasteiger partial charge in [0, 0.05) is 17.0 Å². The van der Waals surface area contributed by atoms with Crippen molar-refractivity contribution >= 4 is 11.8 Å². The minimum atomic E-state index is -0.261. The molecular formula is C18H37NOS. The van der Waals surface area contributed by atoms with Gasteiger partial charge in [-0.2, -0.15) is 11.8 Å². The van der Waals surface area contributed by atoms with E-state index in [1.807, 2.05) is 11.8 Å². The molecule has 2 nitrogen and oxygen atoms in total. The summed E-state index contributed by atoms with van der Waals surface area (Å²) in [5.74, 6) is 0.935. The second-order valence-corrected chi connectivity index (χ2v) is 7.98. The van der Waals surface area contributed by atoms with Crippen LogP contribution in [0, 0.1) is 0 Å². The number of thioether (sulfide) groups is 1. The van der Waals surface area contributed by atoms with Gasteiger partial charge in [0.05, 0.1) is 6.10 Å². The third kappa shape index (κ3) is 9.10. The van der Waals surface area contributed by atoms with E-state index in [1.165, 1.54) is 77.0 Å². The lowest BCUT2D eigenvalue weighted by Crippen LogP contribution is -2.36. The van der Waals surface area contributed by atoms with Crippen molar-refractivity contribution in [2.45, 2.75) is 108 Å². The molecule has 0 unspecified atom stereocenters. The predicted octanol–water partition coefficient (Wildman–Crippen LogP) is 4.88. The molecule has 0 spiro atoms. The second kappa shape index (κ2) is 12.8. The normalized spacial score (nSPS) is 25.6. The van der Waals surface area contributed by atoms with Gasteiger partial charge in [0.15, 0.2) is 0 Å². The van der Waals surface area contributed by atoms with E-state index in [1.54, 1.807) is 0 Å². The maximum atomic E-state index is 9.89. The lowest BCUT2D eigenvalue weighted by Gasteiger charge is -2.15. The Morgan fingerprint density at radius 2 is 1.33 bits per heavy atom. The molecule has 1 aliphatic heterocycles. The van der Waals surface area contributed by atoms with Gasteiger partial charge in [-0.1, -0.05) is 84.0 Å². The Hall–Kier alpha value is 0.270. The van der Waals surface area contributed by atoms with Crippen molar-refractivity contribution in [3.63, 3.8) is 0 Å². The molecule has 0 aromatic carbocycles. The maximum Gasteiger partial charge on any atom is 0.0817 e. The van der Waals surface area contributed by atoms with Gasteiger partial charge in [-0.25, -0.2) is 0 Å². The lowest BCUT2D eigenvalue weighted by atomic mass is 10.0. The highest BCUT2D eigenvalue weighted by molar-refractivity contribution is 8.00. The Morgan fingerprint density at radius 1 is 0.857 bits per heavy atom. The third-order valence-corrected chi connectivity index (χ3v) is 6.18. The van der Waals surface area contributed by atoms with Gasteiger partial charge >= 0.3 is 0 Å². The molecule has 3 heteroatoms. The molecule has 1 fully saturated rings. The zero-order valence-electron chi connectivity index (χ0n) is 14.1. The van der Waals surface area contributed by atoms with Crippen molar-refractivity contribution in [1.82, 2.24) is 0 Å². The molecule has 0 aromatic heterocycles. The zero-order valence-corrected chi connectivity index (χ0v) is 14.9. The van der Waals surface area contributed by atoms with Crippen molar-refractivity contribution in [1.29, 1.82) is 0 Å². The van der Waals surface area contributed by atoms with Crippen LogP contribution in [0.4, 0.5) is 0 Å². The maximum absolute atomic E-state index is 9.89. The molecule has 0 aromatic rings. The molecule has 0 aliphatic carbocycles. The van der Waals surface area contributed by atoms with Gasteiger partial charge in [-0.15, -0.1) is 0 Å². The summed E-state index contributed by atoms with van der Waals surface area (Å²) in [5.41, 5.74) is 5.83. The van der Waals surface area contributed by atoms with Crippen LogP contribution in [0.25, 0.3) is 0 Å². The monoisotopic (exact) mass is 315 g/mol. The third-order valence-electron chi connectivity index (χ3n) is 4.66. The summed E-state index contributed by atoms with van der Waals surface area (Å²) in [6, 6.07) is 0.0114. The van der Waals surface area contributed by atoms with Gasteiger partial charge in [0.1, 0.15) is 0 Å². The van der Waals surface area contributed by atoms with E-state index in [0.29, 0.717) is 5.25 Å². The quantitative estimate of drug-likeness (QED) is 0.476. The van der Waals surface area contributed by atoms with Crippen LogP contribution in [-0.4, -0.2) is 28.3 Å². The Labute approximate surface area is 136 Å². The highest BCUT2D eigenvalue weighted by Crippen LogP contribution is 2.30. The largest absolute Gasteiger partial charge is 0.390 e. The van der Waals surface area contributed by atoms with Crippen molar-refractivity contribution in [3.8, 4) is 0 Å². The van der Waals surface area contributed by atoms with E-state index in [4.69, 9.17) is 5.73 Å². The molecule has 1 aliphatic rings. The average Bonchev–Trinajstić information content (AvgIpc) is 2.80. The SMILES string of the molecule is CCCCCCCCCCCCCC[C@@H]1SC[C@@H](N)[C@@H]1O. The Kier molecular flexibility index (Phi) is 11.8. The van der Waals surface area contributed by atoms with E-state index >= 15 is 0 Å². The number of rotatable bonds is 13. The number of hydrogen-bond donors (Lipinski definition) is 2. The Morgan fingerprint density at radius 3 is 1.76 bits per heavy atom. The van der Waals surface area contributed by atoms with Crippen molar-refractivity contribution in [3.05, 3.63) is 0 Å². The van der Waals surface area contributed by atoms with Crippen LogP contribution in [0.5, 0.6) is 0 Å². The molecule has 3 N–H and O–H groups in total. The first-order valence-corrected chi connectivity index (χ1v) is 10.4. The molecule has 0 saturated carbocycles. The summed E-state index contributed by atoms with van der Waals surface area (Å²) in [6.45, 7) is 2.28. The summed E-state index contributed by atoms with van der Waals surface area (Å²) in [5, 5.41) is 10.3. The number of nitrogens with two attached hydrogens (primary N) is 1. The molecule has 126 valence electrons. The standard InChI is InChI=1S/C18H37NOS/c1-2-3-4-5-6-7-8-9-10-11-12-13-14-17-18(20)16(19)15-21-17/h16-18,20H,2-15,19H2,1H3/t16-,17+,18+/m1/s1. The van der Waals surface area contributed by atoms with Gasteiger partial charge < -0.3 is 10.8 Å². The van der Waals surface area contributed by atoms with Crippen LogP contribution in [-0.2, 0) is 0 Å². The predicted molar refractivity (Wildman–Crippen MR) is 95.9 cm³/mol. The van der Waals surface area contributed by atoms with Crippen LogP contribution in [0.3, 0.4) is 0 Å². The van der Waals surface area contributed by atoms with Gasteiger partial charge in [-0.3, -0.25) is 0 Å². The fourth-order valence-electron chi connectivity index (χ4n) is 3.15. The topological polar surface area (TPSA) is 46.2 Å². The second-order valence-electron chi connectivity index (χ2n) is 6.70. The fraction of sp³-hybridized carbons (Fsp3) is 1.00. The van der Waals surface area contributed by atoms with Crippen LogP contribution in [0.1, 0.15) is 90.4 Å². The van der Waals surface area contributed by atoms with E-state index in [9.17, 15) is 5.11 Å². The summed E-state index contributed by atoms with van der Waals surface area (Å²) in [4.78, 5) is 0. The molecule has 21 heavy (non-hydrogen) atoms. The van der Waals surface area contributed by atoms with Crippen molar-refractivity contribution < 1.29 is 5.11 Å². The first-order chi connectivity index (χ1) is 10.3. The highest BCUT2D eigenvalue weighted by atomic mass is 32.2. The molecule has 1 heterocycles. The Balaban J connectivity index is 1.77. The summed E-state index contributed by atoms with van der Waals surface area (Å²) in [6.07, 6.45) is 17.6. The zero-order chi connectivity index (χ0) is 15.3. The molecule has 0 amide bonds. The van der Waals surface area contributed by atoms with Crippen LogP contribution >= 0.6 is 11.8 Å². The smallest absolute Gasteiger partial charge is 0.0817 e. The van der Waals surface area contributed by atoms with Gasteiger partial charge in [0.2, 0.25) is 0 Å². The van der Waals surface area contributed by atoms with Crippen LogP contribution < -0.4 is 5.73 Å². The molecular weight excluding hydrogens is 278 g/mol.